The Hall–Kier alpha value is -1.22. The summed E-state index contributed by atoms with van der Waals surface area (Å²) in [5.74, 6) is 0.0214. The van der Waals surface area contributed by atoms with E-state index in [0.717, 1.165) is 11.3 Å². The Morgan fingerprint density at radius 1 is 1.67 bits per heavy atom. The van der Waals surface area contributed by atoms with Crippen molar-refractivity contribution >= 4 is 5.78 Å². The molecule has 0 saturated heterocycles. The summed E-state index contributed by atoms with van der Waals surface area (Å²) in [7, 11) is 0. The number of aryl methyl sites for hydroxylation is 1. The van der Waals surface area contributed by atoms with Gasteiger partial charge in [-0.2, -0.15) is 0 Å². The molecule has 1 heterocycles. The summed E-state index contributed by atoms with van der Waals surface area (Å²) in [5, 5.41) is 0. The monoisotopic (exact) mass is 164 g/mol. The first kappa shape index (κ1) is 8.87. The fourth-order valence-corrected chi connectivity index (χ4v) is 0.970. The third-order valence-corrected chi connectivity index (χ3v) is 1.58. The second kappa shape index (κ2) is 3.97. The topological polar surface area (TPSA) is 56.0 Å². The van der Waals surface area contributed by atoms with Crippen LogP contribution in [0.25, 0.3) is 0 Å². The Morgan fingerprint density at radius 2 is 2.42 bits per heavy atom. The molecular weight excluding hydrogens is 152 g/mol. The van der Waals surface area contributed by atoms with Crippen LogP contribution in [0.15, 0.2) is 18.3 Å². The average Bonchev–Trinajstić information content (AvgIpc) is 2.04. The van der Waals surface area contributed by atoms with Crippen LogP contribution in [0.5, 0.6) is 0 Å². The van der Waals surface area contributed by atoms with Crippen LogP contribution < -0.4 is 5.73 Å². The van der Waals surface area contributed by atoms with Gasteiger partial charge in [0.25, 0.3) is 0 Å². The van der Waals surface area contributed by atoms with E-state index in [1.807, 2.05) is 19.1 Å². The van der Waals surface area contributed by atoms with Crippen LogP contribution in [0, 0.1) is 6.92 Å². The van der Waals surface area contributed by atoms with E-state index in [0.29, 0.717) is 6.42 Å². The first-order valence-corrected chi connectivity index (χ1v) is 3.85. The maximum Gasteiger partial charge on any atom is 0.152 e. The number of nitrogens with zero attached hydrogens (tertiary/aromatic N) is 1. The van der Waals surface area contributed by atoms with Crippen LogP contribution in [-0.4, -0.2) is 17.3 Å². The van der Waals surface area contributed by atoms with Gasteiger partial charge in [0.15, 0.2) is 5.78 Å². The minimum absolute atomic E-state index is 0.0214. The van der Waals surface area contributed by atoms with Crippen molar-refractivity contribution in [1.82, 2.24) is 4.98 Å². The molecule has 0 aromatic carbocycles. The molecule has 1 aromatic heterocycles. The maximum atomic E-state index is 10.9. The molecule has 12 heavy (non-hydrogen) atoms. The lowest BCUT2D eigenvalue weighted by molar-refractivity contribution is -0.117. The summed E-state index contributed by atoms with van der Waals surface area (Å²) in [6, 6.07) is 3.80. The van der Waals surface area contributed by atoms with Crippen molar-refractivity contribution in [3.63, 3.8) is 0 Å². The largest absolute Gasteiger partial charge is 0.324 e. The summed E-state index contributed by atoms with van der Waals surface area (Å²) in [4.78, 5) is 15.0. The molecule has 0 amide bonds. The van der Waals surface area contributed by atoms with Gasteiger partial charge in [0, 0.05) is 11.9 Å². The van der Waals surface area contributed by atoms with Crippen molar-refractivity contribution in [2.75, 3.05) is 6.54 Å². The summed E-state index contributed by atoms with van der Waals surface area (Å²) < 4.78 is 0. The second-order valence-electron chi connectivity index (χ2n) is 2.74. The van der Waals surface area contributed by atoms with Gasteiger partial charge in [0.1, 0.15) is 0 Å². The molecule has 0 atom stereocenters. The standard InChI is InChI=1S/C9H12N2O/c1-7-2-3-11-8(4-7)5-9(12)6-10/h2-4H,5-6,10H2,1H3. The van der Waals surface area contributed by atoms with Crippen LogP contribution in [0.4, 0.5) is 0 Å². The van der Waals surface area contributed by atoms with Gasteiger partial charge < -0.3 is 5.73 Å². The summed E-state index contributed by atoms with van der Waals surface area (Å²) >= 11 is 0. The van der Waals surface area contributed by atoms with E-state index in [4.69, 9.17) is 5.73 Å². The molecule has 64 valence electrons. The number of carbonyl (C=O) groups excluding carboxylic acids is 1. The van der Waals surface area contributed by atoms with Crippen molar-refractivity contribution in [2.45, 2.75) is 13.3 Å². The Morgan fingerprint density at radius 3 is 3.00 bits per heavy atom. The molecular formula is C9H12N2O. The van der Waals surface area contributed by atoms with Gasteiger partial charge in [-0.05, 0) is 24.6 Å². The SMILES string of the molecule is Cc1ccnc(CC(=O)CN)c1. The highest BCUT2D eigenvalue weighted by atomic mass is 16.1. The molecule has 0 unspecified atom stereocenters. The third kappa shape index (κ3) is 2.43. The number of aromatic nitrogens is 1. The first-order chi connectivity index (χ1) is 5.72. The number of nitrogens with two attached hydrogens (primary N) is 1. The quantitative estimate of drug-likeness (QED) is 0.706. The molecule has 0 fully saturated rings. The number of rotatable bonds is 3. The van der Waals surface area contributed by atoms with Crippen molar-refractivity contribution in [2.24, 2.45) is 5.73 Å². The van der Waals surface area contributed by atoms with Gasteiger partial charge in [0.05, 0.1) is 13.0 Å². The molecule has 0 bridgehead atoms. The van der Waals surface area contributed by atoms with Crippen LogP contribution in [0.2, 0.25) is 0 Å². The lowest BCUT2D eigenvalue weighted by Crippen LogP contribution is -2.16. The van der Waals surface area contributed by atoms with Gasteiger partial charge >= 0.3 is 0 Å². The van der Waals surface area contributed by atoms with E-state index in [9.17, 15) is 4.79 Å². The molecule has 0 spiro atoms. The van der Waals surface area contributed by atoms with E-state index >= 15 is 0 Å². The first-order valence-electron chi connectivity index (χ1n) is 3.85. The zero-order valence-electron chi connectivity index (χ0n) is 7.08. The molecule has 0 aliphatic rings. The molecule has 3 heteroatoms. The third-order valence-electron chi connectivity index (χ3n) is 1.58. The summed E-state index contributed by atoms with van der Waals surface area (Å²) in [6.07, 6.45) is 2.05. The Bertz CT molecular complexity index is 284. The van der Waals surface area contributed by atoms with Crippen molar-refractivity contribution < 1.29 is 4.79 Å². The number of hydrogen-bond acceptors (Lipinski definition) is 3. The van der Waals surface area contributed by atoms with Gasteiger partial charge in [0.2, 0.25) is 0 Å². The minimum atomic E-state index is 0.0214. The average molecular weight is 164 g/mol. The molecule has 0 aliphatic heterocycles. The molecule has 2 N–H and O–H groups in total. The number of pyridine rings is 1. The van der Waals surface area contributed by atoms with E-state index in [1.54, 1.807) is 6.20 Å². The van der Waals surface area contributed by atoms with Gasteiger partial charge in [-0.25, -0.2) is 0 Å². The van der Waals surface area contributed by atoms with Gasteiger partial charge in [-0.15, -0.1) is 0 Å². The zero-order chi connectivity index (χ0) is 8.97. The summed E-state index contributed by atoms with van der Waals surface area (Å²) in [6.45, 7) is 2.06. The van der Waals surface area contributed by atoms with Crippen molar-refractivity contribution in [3.05, 3.63) is 29.6 Å². The molecule has 3 nitrogen and oxygen atoms in total. The lowest BCUT2D eigenvalue weighted by Gasteiger charge is -1.98. The molecule has 0 aliphatic carbocycles. The highest BCUT2D eigenvalue weighted by Gasteiger charge is 2.01. The van der Waals surface area contributed by atoms with E-state index in [-0.39, 0.29) is 12.3 Å². The number of Topliss-reactive ketones (excluding diaryl/α,β-unsaturated/α-hetero) is 1. The Balaban J connectivity index is 2.69. The van der Waals surface area contributed by atoms with Crippen LogP contribution in [-0.2, 0) is 11.2 Å². The van der Waals surface area contributed by atoms with Gasteiger partial charge in [-0.1, -0.05) is 0 Å². The minimum Gasteiger partial charge on any atom is -0.324 e. The van der Waals surface area contributed by atoms with E-state index in [1.165, 1.54) is 0 Å². The second-order valence-corrected chi connectivity index (χ2v) is 2.74. The lowest BCUT2D eigenvalue weighted by atomic mass is 10.1. The predicted molar refractivity (Wildman–Crippen MR) is 46.7 cm³/mol. The van der Waals surface area contributed by atoms with E-state index < -0.39 is 0 Å². The molecule has 1 aromatic rings. The summed E-state index contributed by atoms with van der Waals surface area (Å²) in [5.41, 5.74) is 7.09. The number of ketones is 1. The van der Waals surface area contributed by atoms with Crippen LogP contribution in [0.3, 0.4) is 0 Å². The van der Waals surface area contributed by atoms with Crippen molar-refractivity contribution in [1.29, 1.82) is 0 Å². The van der Waals surface area contributed by atoms with Gasteiger partial charge in [-0.3, -0.25) is 9.78 Å². The predicted octanol–water partition coefficient (Wildman–Crippen LogP) is 0.460. The fraction of sp³-hybridized carbons (Fsp3) is 0.333. The van der Waals surface area contributed by atoms with Crippen LogP contribution in [0.1, 0.15) is 11.3 Å². The zero-order valence-corrected chi connectivity index (χ0v) is 7.08. The number of hydrogen-bond donors (Lipinski definition) is 1. The molecule has 1 rings (SSSR count). The fourth-order valence-electron chi connectivity index (χ4n) is 0.970. The van der Waals surface area contributed by atoms with Crippen molar-refractivity contribution in [3.8, 4) is 0 Å². The highest BCUT2D eigenvalue weighted by Crippen LogP contribution is 2.00. The normalized spacial score (nSPS) is 9.83. The highest BCUT2D eigenvalue weighted by molar-refractivity contribution is 5.82. The Labute approximate surface area is 71.6 Å². The molecule has 0 saturated carbocycles. The Kier molecular flexibility index (Phi) is 2.94. The molecule has 0 radical (unpaired) electrons. The van der Waals surface area contributed by atoms with E-state index in [2.05, 4.69) is 4.98 Å². The smallest absolute Gasteiger partial charge is 0.152 e. The van der Waals surface area contributed by atoms with Crippen LogP contribution >= 0.6 is 0 Å². The maximum absolute atomic E-state index is 10.9. The number of carbonyl (C=O) groups is 1.